The predicted octanol–water partition coefficient (Wildman–Crippen LogP) is 6.41. The summed E-state index contributed by atoms with van der Waals surface area (Å²) in [6, 6.07) is 15.7. The minimum atomic E-state index is -1.03. The first-order valence-electron chi connectivity index (χ1n) is 16.8. The van der Waals surface area contributed by atoms with E-state index < -0.39 is 6.03 Å². The second-order valence-electron chi connectivity index (χ2n) is 14.0. The number of carbonyl (C=O) groups is 1. The van der Waals surface area contributed by atoms with Crippen LogP contribution in [0.5, 0.6) is 17.2 Å². The molecule has 6 heteroatoms. The molecular weight excluding hydrogens is 572 g/mol. The fourth-order valence-electron chi connectivity index (χ4n) is 8.77. The molecule has 3 aromatic rings. The van der Waals surface area contributed by atoms with E-state index in [1.165, 1.54) is 18.4 Å². The molecule has 3 aliphatic carbocycles. The number of rotatable bonds is 2. The fourth-order valence-corrected chi connectivity index (χ4v) is 8.77. The van der Waals surface area contributed by atoms with Gasteiger partial charge < -0.3 is 14.2 Å². The molecule has 0 aromatic heterocycles. The average Bonchev–Trinajstić information content (AvgIpc) is 3.76. The first-order chi connectivity index (χ1) is 22.3. The topological polar surface area (TPSA) is 50.8 Å². The number of hydrogen-bond donors (Lipinski definition) is 0. The Bertz CT molecular complexity index is 1980. The lowest BCUT2D eigenvalue weighted by Gasteiger charge is -2.29. The van der Waals surface area contributed by atoms with Crippen LogP contribution in [0.4, 0.5) is 0 Å². The molecule has 0 radical (unpaired) electrons. The Labute approximate surface area is 270 Å². The Balaban J connectivity index is 1.00. The highest BCUT2D eigenvalue weighted by Gasteiger charge is 2.76. The molecule has 6 atom stereocenters. The SMILES string of the molecule is Cc1cc(C)c2c(c1)C=[N+]1[C@@H]3CCCCC3[N+]3=Cc4cc(C#Cc5ccc(OC(=O)C6CC7C=CC6C7)cc5)cc(C)c4O[C@]31O2. The number of benzene rings is 3. The van der Waals surface area contributed by atoms with E-state index in [-0.39, 0.29) is 11.9 Å². The molecule has 3 fully saturated rings. The van der Waals surface area contributed by atoms with E-state index in [4.69, 9.17) is 14.2 Å². The number of esters is 1. The normalized spacial score (nSPS) is 29.0. The number of fused-ring (bicyclic) bond motifs is 7. The van der Waals surface area contributed by atoms with E-state index in [1.807, 2.05) is 24.3 Å². The molecule has 4 unspecified atom stereocenters. The van der Waals surface area contributed by atoms with Crippen molar-refractivity contribution in [2.45, 2.75) is 77.4 Å². The summed E-state index contributed by atoms with van der Waals surface area (Å²) in [6.45, 7) is 6.34. The number of aryl methyl sites for hydroxylation is 3. The maximum Gasteiger partial charge on any atom is 0.704 e. The number of allylic oxidation sites excluding steroid dienone is 2. The second kappa shape index (κ2) is 10.2. The van der Waals surface area contributed by atoms with Crippen LogP contribution in [0, 0.1) is 50.4 Å². The maximum absolute atomic E-state index is 12.7. The van der Waals surface area contributed by atoms with Crippen LogP contribution in [0.25, 0.3) is 0 Å². The van der Waals surface area contributed by atoms with E-state index in [2.05, 4.69) is 90.6 Å². The van der Waals surface area contributed by atoms with Crippen LogP contribution in [0.2, 0.25) is 0 Å². The van der Waals surface area contributed by atoms with Gasteiger partial charge in [0.2, 0.25) is 12.1 Å². The molecule has 0 N–H and O–H groups in total. The summed E-state index contributed by atoms with van der Waals surface area (Å²) in [7, 11) is 0. The molecule has 230 valence electrons. The summed E-state index contributed by atoms with van der Waals surface area (Å²) < 4.78 is 24.4. The molecule has 3 aromatic carbocycles. The van der Waals surface area contributed by atoms with Gasteiger partial charge in [0.25, 0.3) is 0 Å². The van der Waals surface area contributed by atoms with E-state index in [0.29, 0.717) is 29.7 Å². The Morgan fingerprint density at radius 2 is 1.46 bits per heavy atom. The number of carbonyl (C=O) groups excluding carboxylic acids is 1. The van der Waals surface area contributed by atoms with Crippen LogP contribution in [0.3, 0.4) is 0 Å². The Kier molecular flexibility index (Phi) is 6.13. The van der Waals surface area contributed by atoms with Crippen molar-refractivity contribution in [3.05, 3.63) is 99.6 Å². The van der Waals surface area contributed by atoms with Gasteiger partial charge in [-0.3, -0.25) is 4.79 Å². The van der Waals surface area contributed by atoms with Crippen molar-refractivity contribution < 1.29 is 28.2 Å². The number of hydrogen-bond acceptors (Lipinski definition) is 4. The Hall–Kier alpha value is -4.63. The van der Waals surface area contributed by atoms with Crippen molar-refractivity contribution in [1.29, 1.82) is 0 Å². The van der Waals surface area contributed by atoms with E-state index in [1.54, 1.807) is 0 Å². The van der Waals surface area contributed by atoms with Crippen molar-refractivity contribution in [1.82, 2.24) is 0 Å². The quantitative estimate of drug-likeness (QED) is 0.111. The molecule has 1 spiro atoms. The highest BCUT2D eigenvalue weighted by atomic mass is 16.7. The van der Waals surface area contributed by atoms with E-state index >= 15 is 0 Å². The number of nitrogens with zero attached hydrogens (tertiary/aromatic N) is 2. The van der Waals surface area contributed by atoms with Gasteiger partial charge >= 0.3 is 12.0 Å². The highest BCUT2D eigenvalue weighted by molar-refractivity contribution is 5.85. The van der Waals surface area contributed by atoms with Gasteiger partial charge in [-0.1, -0.05) is 39.2 Å². The molecule has 6 aliphatic rings. The van der Waals surface area contributed by atoms with Crippen molar-refractivity contribution in [2.24, 2.45) is 17.8 Å². The lowest BCUT2D eigenvalue weighted by atomic mass is 9.91. The number of ether oxygens (including phenoxy) is 3. The van der Waals surface area contributed by atoms with Gasteiger partial charge in [-0.2, -0.15) is 0 Å². The summed E-state index contributed by atoms with van der Waals surface area (Å²) in [5.74, 6) is 9.71. The molecule has 46 heavy (non-hydrogen) atoms. The van der Waals surface area contributed by atoms with Crippen LogP contribution in [0.15, 0.2) is 60.7 Å². The third-order valence-electron chi connectivity index (χ3n) is 10.8. The summed E-state index contributed by atoms with van der Waals surface area (Å²) in [6.07, 6.45) is 15.6. The van der Waals surface area contributed by atoms with Gasteiger partial charge in [0.05, 0.1) is 17.0 Å². The molecule has 2 bridgehead atoms. The van der Waals surface area contributed by atoms with Gasteiger partial charge in [-0.25, -0.2) is 0 Å². The van der Waals surface area contributed by atoms with Gasteiger partial charge in [0, 0.05) is 24.0 Å². The lowest BCUT2D eigenvalue weighted by molar-refractivity contribution is -0.866. The predicted molar refractivity (Wildman–Crippen MR) is 175 cm³/mol. The molecule has 3 heterocycles. The molecule has 1 saturated heterocycles. The van der Waals surface area contributed by atoms with Crippen LogP contribution in [-0.2, 0) is 4.79 Å². The van der Waals surface area contributed by atoms with Crippen molar-refractivity contribution in [3.8, 4) is 29.1 Å². The van der Waals surface area contributed by atoms with Crippen LogP contribution in [0.1, 0.15) is 77.5 Å². The molecular formula is C40H38N2O4+2. The van der Waals surface area contributed by atoms with Gasteiger partial charge in [-0.15, -0.1) is 0 Å². The zero-order chi connectivity index (χ0) is 31.2. The second-order valence-corrected chi connectivity index (χ2v) is 14.0. The fraction of sp³-hybridized carbons (Fsp3) is 0.375. The Morgan fingerprint density at radius 3 is 2.11 bits per heavy atom. The zero-order valence-electron chi connectivity index (χ0n) is 26.6. The van der Waals surface area contributed by atoms with Gasteiger partial charge in [0.15, 0.2) is 23.9 Å². The highest BCUT2D eigenvalue weighted by Crippen LogP contribution is 2.46. The summed E-state index contributed by atoms with van der Waals surface area (Å²) in [5.41, 5.74) is 7.32. The van der Waals surface area contributed by atoms with Gasteiger partial charge in [0.1, 0.15) is 5.75 Å². The first-order valence-corrected chi connectivity index (χ1v) is 16.8. The van der Waals surface area contributed by atoms with E-state index in [0.717, 1.165) is 70.6 Å². The van der Waals surface area contributed by atoms with Gasteiger partial charge in [-0.05, 0) is 117 Å². The minimum Gasteiger partial charge on any atom is -0.426 e. The van der Waals surface area contributed by atoms with E-state index in [9.17, 15) is 4.79 Å². The lowest BCUT2D eigenvalue weighted by Crippen LogP contribution is -2.60. The van der Waals surface area contributed by atoms with Crippen molar-refractivity contribution >= 4 is 18.4 Å². The standard InChI is InChI=1S/C40H38N2O4/c1-24-16-25(2)37-31(17-24)22-41-35-6-4-5-7-36(35)42-23-32-20-28(18-26(3)38(32)46-40(41,42)45-37)9-8-27-11-14-33(15-12-27)44-39(43)34-21-29-10-13-30(34)19-29/h10-18,20,22-23,29-30,34-36H,4-7,19,21H2,1-3H3/q+2/t29?,30?,34?,35-,36?,40+/m1/s1. The van der Waals surface area contributed by atoms with Crippen molar-refractivity contribution in [3.63, 3.8) is 0 Å². The minimum absolute atomic E-state index is 0.0167. The van der Waals surface area contributed by atoms with Crippen LogP contribution < -0.4 is 14.2 Å². The smallest absolute Gasteiger partial charge is 0.426 e. The first kappa shape index (κ1) is 27.7. The molecule has 9 rings (SSSR count). The monoisotopic (exact) mass is 610 g/mol. The third kappa shape index (κ3) is 4.28. The summed E-state index contributed by atoms with van der Waals surface area (Å²) in [5, 5.41) is 0. The van der Waals surface area contributed by atoms with Crippen LogP contribution in [-0.4, -0.2) is 45.7 Å². The molecule has 0 amide bonds. The molecule has 6 nitrogen and oxygen atoms in total. The largest absolute Gasteiger partial charge is 0.704 e. The average molecular weight is 611 g/mol. The molecule has 3 aliphatic heterocycles. The zero-order valence-corrected chi connectivity index (χ0v) is 26.6. The van der Waals surface area contributed by atoms with Crippen molar-refractivity contribution in [2.75, 3.05) is 0 Å². The van der Waals surface area contributed by atoms with Crippen LogP contribution >= 0.6 is 0 Å². The third-order valence-corrected chi connectivity index (χ3v) is 10.8. The summed E-state index contributed by atoms with van der Waals surface area (Å²) in [4.78, 5) is 12.7. The summed E-state index contributed by atoms with van der Waals surface area (Å²) >= 11 is 0. The maximum atomic E-state index is 12.7. The Morgan fingerprint density at radius 1 is 0.804 bits per heavy atom. The molecule has 2 saturated carbocycles.